The predicted molar refractivity (Wildman–Crippen MR) is 144 cm³/mol. The standard InChI is InChI=1S/C28H32FN5O5/c1-18-14-20-22(32-18)4-5-24(27(20)29)39-28-21-15-25(36-3)26(16-23(21)30-17-31-28)38-13-12-37-11-10-33-6-8-34(9-7-33)19(2)35/h4-5,14-17,32H,6-13H2,1-3H3. The second-order valence-electron chi connectivity index (χ2n) is 9.40. The Morgan fingerprint density at radius 3 is 2.59 bits per heavy atom. The number of fused-ring (bicyclic) bond motifs is 2. The molecule has 11 heteroatoms. The second kappa shape index (κ2) is 11.8. The van der Waals surface area contributed by atoms with E-state index in [-0.39, 0.29) is 17.5 Å². The van der Waals surface area contributed by atoms with Crippen LogP contribution in [0.3, 0.4) is 0 Å². The van der Waals surface area contributed by atoms with Crippen molar-refractivity contribution in [3.8, 4) is 23.1 Å². The number of carbonyl (C=O) groups is 1. The van der Waals surface area contributed by atoms with Crippen LogP contribution in [0.25, 0.3) is 21.8 Å². The first kappa shape index (κ1) is 26.6. The number of aromatic nitrogens is 3. The summed E-state index contributed by atoms with van der Waals surface area (Å²) in [5, 5.41) is 1.02. The number of nitrogens with zero attached hydrogens (tertiary/aromatic N) is 4. The fourth-order valence-corrected chi connectivity index (χ4v) is 4.66. The fraction of sp³-hybridized carbons (Fsp3) is 0.393. The third-order valence-electron chi connectivity index (χ3n) is 6.78. The van der Waals surface area contributed by atoms with Crippen molar-refractivity contribution in [2.45, 2.75) is 13.8 Å². The van der Waals surface area contributed by atoms with Crippen LogP contribution in [0.2, 0.25) is 0 Å². The maximum Gasteiger partial charge on any atom is 0.230 e. The molecule has 0 radical (unpaired) electrons. The van der Waals surface area contributed by atoms with Crippen LogP contribution in [0, 0.1) is 12.7 Å². The summed E-state index contributed by atoms with van der Waals surface area (Å²) >= 11 is 0. The molecule has 0 unspecified atom stereocenters. The van der Waals surface area contributed by atoms with Gasteiger partial charge in [0.25, 0.3) is 0 Å². The Morgan fingerprint density at radius 2 is 1.82 bits per heavy atom. The van der Waals surface area contributed by atoms with Gasteiger partial charge in [-0.3, -0.25) is 9.69 Å². The van der Waals surface area contributed by atoms with Gasteiger partial charge >= 0.3 is 0 Å². The molecule has 4 aromatic rings. The number of hydrogen-bond acceptors (Lipinski definition) is 8. The van der Waals surface area contributed by atoms with E-state index in [2.05, 4.69) is 19.9 Å². The zero-order valence-electron chi connectivity index (χ0n) is 22.3. The average Bonchev–Trinajstić information content (AvgIpc) is 3.33. The lowest BCUT2D eigenvalue weighted by atomic mass is 10.2. The molecule has 1 N–H and O–H groups in total. The van der Waals surface area contributed by atoms with Crippen molar-refractivity contribution in [3.63, 3.8) is 0 Å². The summed E-state index contributed by atoms with van der Waals surface area (Å²) in [4.78, 5) is 27.3. The molecule has 0 aliphatic carbocycles. The number of halogens is 1. The fourth-order valence-electron chi connectivity index (χ4n) is 4.66. The van der Waals surface area contributed by atoms with E-state index < -0.39 is 5.82 Å². The lowest BCUT2D eigenvalue weighted by molar-refractivity contribution is -0.130. The van der Waals surface area contributed by atoms with Crippen LogP contribution in [0.4, 0.5) is 4.39 Å². The first-order chi connectivity index (χ1) is 18.9. The van der Waals surface area contributed by atoms with E-state index in [9.17, 15) is 4.79 Å². The zero-order chi connectivity index (χ0) is 27.4. The lowest BCUT2D eigenvalue weighted by Gasteiger charge is -2.34. The van der Waals surface area contributed by atoms with Gasteiger partial charge in [0.2, 0.25) is 11.8 Å². The number of ether oxygens (including phenoxy) is 4. The minimum Gasteiger partial charge on any atom is -0.493 e. The number of aromatic amines is 1. The van der Waals surface area contributed by atoms with Gasteiger partial charge in [0.15, 0.2) is 23.1 Å². The number of rotatable bonds is 10. The SMILES string of the molecule is COc1cc2c(Oc3ccc4[nH]c(C)cc4c3F)ncnc2cc1OCCOCCN1CCN(C(C)=O)CC1. The van der Waals surface area contributed by atoms with Gasteiger partial charge in [0.1, 0.15) is 12.9 Å². The average molecular weight is 538 g/mol. The number of benzene rings is 2. The third kappa shape index (κ3) is 6.04. The molecule has 2 aromatic heterocycles. The van der Waals surface area contributed by atoms with Gasteiger partial charge in [-0.05, 0) is 31.2 Å². The highest BCUT2D eigenvalue weighted by atomic mass is 19.1. The van der Waals surface area contributed by atoms with Crippen molar-refractivity contribution < 1.29 is 28.1 Å². The molecule has 0 bridgehead atoms. The van der Waals surface area contributed by atoms with Gasteiger partial charge in [0.05, 0.1) is 31.2 Å². The van der Waals surface area contributed by atoms with E-state index in [1.54, 1.807) is 44.4 Å². The van der Waals surface area contributed by atoms with Crippen LogP contribution in [0.5, 0.6) is 23.1 Å². The molecule has 1 saturated heterocycles. The Morgan fingerprint density at radius 1 is 1.00 bits per heavy atom. The highest BCUT2D eigenvalue weighted by Gasteiger charge is 2.19. The van der Waals surface area contributed by atoms with E-state index in [0.29, 0.717) is 53.1 Å². The monoisotopic (exact) mass is 537 g/mol. The summed E-state index contributed by atoms with van der Waals surface area (Å²) in [6.45, 7) is 8.83. The normalized spacial score (nSPS) is 14.2. The quantitative estimate of drug-likeness (QED) is 0.304. The molecule has 3 heterocycles. The van der Waals surface area contributed by atoms with Gasteiger partial charge < -0.3 is 28.8 Å². The van der Waals surface area contributed by atoms with Gasteiger partial charge in [0, 0.05) is 62.3 Å². The van der Waals surface area contributed by atoms with Gasteiger partial charge in [-0.25, -0.2) is 14.4 Å². The highest BCUT2D eigenvalue weighted by Crippen LogP contribution is 2.37. The molecule has 1 fully saturated rings. The molecular formula is C28H32FN5O5. The molecule has 1 amide bonds. The summed E-state index contributed by atoms with van der Waals surface area (Å²) < 4.78 is 38.2. The Kier molecular flexibility index (Phi) is 8.08. The van der Waals surface area contributed by atoms with E-state index >= 15 is 4.39 Å². The van der Waals surface area contributed by atoms with Crippen molar-refractivity contribution in [3.05, 3.63) is 48.2 Å². The minimum atomic E-state index is -0.464. The van der Waals surface area contributed by atoms with Crippen LogP contribution in [0.15, 0.2) is 36.7 Å². The smallest absolute Gasteiger partial charge is 0.230 e. The Labute approximate surface area is 225 Å². The van der Waals surface area contributed by atoms with Gasteiger partial charge in [-0.1, -0.05) is 0 Å². The molecule has 0 spiro atoms. The summed E-state index contributed by atoms with van der Waals surface area (Å²) in [5.41, 5.74) is 2.13. The van der Waals surface area contributed by atoms with Crippen molar-refractivity contribution in [1.82, 2.24) is 24.8 Å². The molecule has 206 valence electrons. The van der Waals surface area contributed by atoms with Crippen molar-refractivity contribution in [2.24, 2.45) is 0 Å². The maximum atomic E-state index is 15.1. The molecule has 0 atom stereocenters. The third-order valence-corrected chi connectivity index (χ3v) is 6.78. The zero-order valence-corrected chi connectivity index (χ0v) is 22.3. The number of carbonyl (C=O) groups excluding carboxylic acids is 1. The molecule has 1 aliphatic heterocycles. The summed E-state index contributed by atoms with van der Waals surface area (Å²) in [6, 6.07) is 8.54. The van der Waals surface area contributed by atoms with E-state index in [1.807, 2.05) is 11.8 Å². The first-order valence-electron chi connectivity index (χ1n) is 12.9. The van der Waals surface area contributed by atoms with Crippen molar-refractivity contribution in [1.29, 1.82) is 0 Å². The number of piperazine rings is 1. The predicted octanol–water partition coefficient (Wildman–Crippen LogP) is 3.92. The van der Waals surface area contributed by atoms with Gasteiger partial charge in [-0.15, -0.1) is 0 Å². The molecular weight excluding hydrogens is 505 g/mol. The molecule has 1 aliphatic rings. The summed E-state index contributed by atoms with van der Waals surface area (Å²) in [5.74, 6) is 0.924. The number of nitrogens with one attached hydrogen (secondary N) is 1. The van der Waals surface area contributed by atoms with Crippen LogP contribution in [-0.2, 0) is 9.53 Å². The topological polar surface area (TPSA) is 102 Å². The Balaban J connectivity index is 1.19. The van der Waals surface area contributed by atoms with Crippen LogP contribution >= 0.6 is 0 Å². The summed E-state index contributed by atoms with van der Waals surface area (Å²) in [6.07, 6.45) is 1.37. The lowest BCUT2D eigenvalue weighted by Crippen LogP contribution is -2.48. The van der Waals surface area contributed by atoms with E-state index in [1.165, 1.54) is 6.33 Å². The number of hydrogen-bond donors (Lipinski definition) is 1. The highest BCUT2D eigenvalue weighted by molar-refractivity contribution is 5.87. The molecule has 0 saturated carbocycles. The molecule has 2 aromatic carbocycles. The van der Waals surface area contributed by atoms with Crippen molar-refractivity contribution in [2.75, 3.05) is 59.7 Å². The summed E-state index contributed by atoms with van der Waals surface area (Å²) in [7, 11) is 1.54. The number of H-pyrrole nitrogens is 1. The van der Waals surface area contributed by atoms with E-state index in [4.69, 9.17) is 18.9 Å². The van der Waals surface area contributed by atoms with E-state index in [0.717, 1.165) is 38.4 Å². The second-order valence-corrected chi connectivity index (χ2v) is 9.40. The molecule has 10 nitrogen and oxygen atoms in total. The number of methoxy groups -OCH3 is 1. The van der Waals surface area contributed by atoms with Gasteiger partial charge in [-0.2, -0.15) is 0 Å². The molecule has 5 rings (SSSR count). The maximum absolute atomic E-state index is 15.1. The minimum absolute atomic E-state index is 0.0682. The van der Waals surface area contributed by atoms with Crippen LogP contribution < -0.4 is 14.2 Å². The van der Waals surface area contributed by atoms with Crippen LogP contribution in [-0.4, -0.2) is 90.3 Å². The number of aryl methyl sites for hydroxylation is 1. The van der Waals surface area contributed by atoms with Crippen LogP contribution in [0.1, 0.15) is 12.6 Å². The Bertz CT molecular complexity index is 1470. The number of amides is 1. The largest absolute Gasteiger partial charge is 0.493 e. The van der Waals surface area contributed by atoms with Crippen molar-refractivity contribution >= 4 is 27.7 Å². The molecule has 39 heavy (non-hydrogen) atoms. The Hall–Kier alpha value is -3.96. The first-order valence-corrected chi connectivity index (χ1v) is 12.9.